The monoisotopic (exact) mass is 265 g/mol. The molecule has 0 radical (unpaired) electrons. The lowest BCUT2D eigenvalue weighted by Gasteiger charge is -2.07. The van der Waals surface area contributed by atoms with Crippen LogP contribution in [0, 0.1) is 0 Å². The van der Waals surface area contributed by atoms with Crippen molar-refractivity contribution in [3.8, 4) is 0 Å². The molecule has 19 heavy (non-hydrogen) atoms. The Hall–Kier alpha value is -2.71. The van der Waals surface area contributed by atoms with E-state index in [4.69, 9.17) is 10.8 Å². The Morgan fingerprint density at radius 1 is 1.47 bits per heavy atom. The fraction of sp³-hybridized carbons (Fsp3) is 0.300. The Bertz CT molecular complexity index is 763. The summed E-state index contributed by atoms with van der Waals surface area (Å²) in [6, 6.07) is 0. The average molecular weight is 265 g/mol. The fourth-order valence-corrected chi connectivity index (χ4v) is 1.77. The number of nitrogens with zero attached hydrogens (tertiary/aromatic N) is 2. The summed E-state index contributed by atoms with van der Waals surface area (Å²) >= 11 is 0. The summed E-state index contributed by atoms with van der Waals surface area (Å²) in [5.41, 5.74) is 3.97. The number of nitrogen functional groups attached to an aromatic ring is 1. The molecule has 2 aromatic heterocycles. The Morgan fingerprint density at radius 2 is 2.16 bits per heavy atom. The summed E-state index contributed by atoms with van der Waals surface area (Å²) in [5.74, 6) is -1.82. The van der Waals surface area contributed by atoms with Crippen LogP contribution in [-0.4, -0.2) is 31.2 Å². The molecule has 0 aliphatic rings. The van der Waals surface area contributed by atoms with E-state index < -0.39 is 22.9 Å². The molecular weight excluding hydrogens is 254 g/mol. The van der Waals surface area contributed by atoms with Gasteiger partial charge in [0, 0.05) is 5.92 Å². The van der Waals surface area contributed by atoms with E-state index in [1.54, 1.807) is 0 Å². The van der Waals surface area contributed by atoms with Crippen LogP contribution in [0.3, 0.4) is 0 Å². The number of nitrogens with one attached hydrogen (secondary N) is 2. The quantitative estimate of drug-likeness (QED) is 0.564. The van der Waals surface area contributed by atoms with E-state index in [2.05, 4.69) is 20.2 Å². The molecule has 0 aromatic carbocycles. The molecule has 0 saturated carbocycles. The zero-order chi connectivity index (χ0) is 14.2. The van der Waals surface area contributed by atoms with Crippen LogP contribution in [0.4, 0.5) is 5.95 Å². The van der Waals surface area contributed by atoms with E-state index in [1.807, 2.05) is 0 Å². The molecule has 0 aliphatic carbocycles. The minimum Gasteiger partial charge on any atom is -0.481 e. The van der Waals surface area contributed by atoms with Crippen molar-refractivity contribution >= 4 is 23.0 Å². The highest BCUT2D eigenvalue weighted by Crippen LogP contribution is 2.13. The van der Waals surface area contributed by atoms with Gasteiger partial charge in [0.05, 0.1) is 6.42 Å². The van der Waals surface area contributed by atoms with Gasteiger partial charge in [-0.25, -0.2) is 0 Å². The number of hydrogen-bond acceptors (Lipinski definition) is 6. The van der Waals surface area contributed by atoms with Crippen molar-refractivity contribution in [2.45, 2.75) is 19.3 Å². The number of carbonyl (C=O) groups is 1. The summed E-state index contributed by atoms with van der Waals surface area (Å²) < 4.78 is 0. The van der Waals surface area contributed by atoms with E-state index in [1.165, 1.54) is 6.92 Å². The topological polar surface area (TPSA) is 155 Å². The molecule has 0 aliphatic heterocycles. The number of nitrogens with two attached hydrogens (primary N) is 1. The van der Waals surface area contributed by atoms with Crippen molar-refractivity contribution in [1.29, 1.82) is 0 Å². The minimum absolute atomic E-state index is 0.0213. The van der Waals surface area contributed by atoms with Gasteiger partial charge in [-0.1, -0.05) is 6.92 Å². The maximum Gasteiger partial charge on any atom is 0.304 e. The Morgan fingerprint density at radius 3 is 2.79 bits per heavy atom. The van der Waals surface area contributed by atoms with E-state index in [-0.39, 0.29) is 29.1 Å². The highest BCUT2D eigenvalue weighted by molar-refractivity contribution is 5.74. The molecule has 9 nitrogen and oxygen atoms in total. The smallest absolute Gasteiger partial charge is 0.304 e. The van der Waals surface area contributed by atoms with Gasteiger partial charge in [-0.15, -0.1) is 0 Å². The summed E-state index contributed by atoms with van der Waals surface area (Å²) in [5, 5.41) is 14.7. The normalized spacial score (nSPS) is 12.5. The molecule has 0 spiro atoms. The second kappa shape index (κ2) is 4.52. The lowest BCUT2D eigenvalue weighted by Crippen LogP contribution is -2.25. The zero-order valence-corrected chi connectivity index (χ0v) is 9.93. The first-order chi connectivity index (χ1) is 8.90. The number of carboxylic acids is 1. The van der Waals surface area contributed by atoms with Crippen LogP contribution in [0.1, 0.15) is 25.0 Å². The molecule has 2 aromatic rings. The fourth-order valence-electron chi connectivity index (χ4n) is 1.77. The third-order valence-corrected chi connectivity index (χ3v) is 2.63. The number of aromatic amines is 2. The van der Waals surface area contributed by atoms with Gasteiger partial charge in [0.15, 0.2) is 5.65 Å². The number of carboxylic acid groups (broad SMARTS) is 1. The molecule has 2 heterocycles. The number of anilines is 1. The van der Waals surface area contributed by atoms with E-state index in [0.29, 0.717) is 0 Å². The number of fused-ring (bicyclic) bond motifs is 1. The number of hydrogen-bond donors (Lipinski definition) is 4. The number of rotatable bonds is 3. The lowest BCUT2D eigenvalue weighted by atomic mass is 10.0. The molecule has 0 fully saturated rings. The molecule has 0 unspecified atom stereocenters. The first-order valence-corrected chi connectivity index (χ1v) is 5.40. The summed E-state index contributed by atoms with van der Waals surface area (Å²) in [7, 11) is 0. The molecule has 2 rings (SSSR count). The zero-order valence-electron chi connectivity index (χ0n) is 9.93. The summed E-state index contributed by atoms with van der Waals surface area (Å²) in [6.07, 6.45) is -0.262. The first-order valence-electron chi connectivity index (χ1n) is 5.40. The average Bonchev–Trinajstić information content (AvgIpc) is 2.26. The van der Waals surface area contributed by atoms with Gasteiger partial charge < -0.3 is 10.8 Å². The molecule has 0 saturated heterocycles. The van der Waals surface area contributed by atoms with Gasteiger partial charge in [-0.2, -0.15) is 10.1 Å². The molecule has 5 N–H and O–H groups in total. The van der Waals surface area contributed by atoms with Crippen molar-refractivity contribution in [2.24, 2.45) is 0 Å². The van der Waals surface area contributed by atoms with Crippen LogP contribution in [0.25, 0.3) is 11.0 Å². The predicted octanol–water partition coefficient (Wildman–Crippen LogP) is -0.833. The maximum absolute atomic E-state index is 12.1. The van der Waals surface area contributed by atoms with Crippen LogP contribution >= 0.6 is 0 Å². The van der Waals surface area contributed by atoms with Gasteiger partial charge >= 0.3 is 5.97 Å². The summed E-state index contributed by atoms with van der Waals surface area (Å²) in [4.78, 5) is 40.4. The van der Waals surface area contributed by atoms with Crippen molar-refractivity contribution in [2.75, 3.05) is 5.73 Å². The third kappa shape index (κ3) is 2.30. The highest BCUT2D eigenvalue weighted by atomic mass is 16.4. The largest absolute Gasteiger partial charge is 0.481 e. The van der Waals surface area contributed by atoms with Crippen LogP contribution in [0.5, 0.6) is 0 Å². The highest BCUT2D eigenvalue weighted by Gasteiger charge is 2.19. The molecule has 1 atom stereocenters. The Labute approximate surface area is 105 Å². The number of aromatic nitrogens is 4. The standard InChI is InChI=1S/C10H11N5O4/c1-3(2-4(16)17)6-7(18)5-8(15-14-6)12-10(11)13-9(5)19/h3H,2H2,1H3,(H,16,17)(H4,11,12,13,15,18,19)/t3-/m1/s1. The van der Waals surface area contributed by atoms with E-state index in [9.17, 15) is 14.4 Å². The van der Waals surface area contributed by atoms with E-state index >= 15 is 0 Å². The Kier molecular flexibility index (Phi) is 3.03. The molecule has 0 amide bonds. The second-order valence-electron chi connectivity index (χ2n) is 4.11. The SMILES string of the molecule is C[C@H](CC(=O)O)c1n[nH]c2nc(N)[nH]c(=O)c2c1=O. The van der Waals surface area contributed by atoms with Crippen LogP contribution in [0.15, 0.2) is 9.59 Å². The van der Waals surface area contributed by atoms with Crippen molar-refractivity contribution in [1.82, 2.24) is 20.2 Å². The van der Waals surface area contributed by atoms with Crippen LogP contribution < -0.4 is 16.7 Å². The molecule has 9 heteroatoms. The Balaban J connectivity index is 2.68. The van der Waals surface area contributed by atoms with E-state index in [0.717, 1.165) is 0 Å². The third-order valence-electron chi connectivity index (χ3n) is 2.63. The second-order valence-corrected chi connectivity index (χ2v) is 4.11. The van der Waals surface area contributed by atoms with Crippen molar-refractivity contribution in [3.63, 3.8) is 0 Å². The molecular formula is C10H11N5O4. The molecule has 0 bridgehead atoms. The first kappa shape index (κ1) is 12.7. The van der Waals surface area contributed by atoms with Gasteiger partial charge in [0.1, 0.15) is 11.1 Å². The van der Waals surface area contributed by atoms with Gasteiger partial charge in [-0.05, 0) is 0 Å². The lowest BCUT2D eigenvalue weighted by molar-refractivity contribution is -0.137. The van der Waals surface area contributed by atoms with Crippen LogP contribution in [-0.2, 0) is 4.79 Å². The predicted molar refractivity (Wildman–Crippen MR) is 65.9 cm³/mol. The van der Waals surface area contributed by atoms with Crippen LogP contribution in [0.2, 0.25) is 0 Å². The van der Waals surface area contributed by atoms with Gasteiger partial charge in [0.2, 0.25) is 11.4 Å². The number of H-pyrrole nitrogens is 2. The summed E-state index contributed by atoms with van der Waals surface area (Å²) in [6.45, 7) is 1.54. The molecule has 100 valence electrons. The van der Waals surface area contributed by atoms with Crippen molar-refractivity contribution < 1.29 is 9.90 Å². The van der Waals surface area contributed by atoms with Crippen molar-refractivity contribution in [3.05, 3.63) is 26.3 Å². The van der Waals surface area contributed by atoms with Gasteiger partial charge in [-0.3, -0.25) is 24.5 Å². The maximum atomic E-state index is 12.1. The van der Waals surface area contributed by atoms with Gasteiger partial charge in [0.25, 0.3) is 5.56 Å². The number of aliphatic carboxylic acids is 1. The minimum atomic E-state index is -1.06.